The highest BCUT2D eigenvalue weighted by Crippen LogP contribution is 2.26. The average Bonchev–Trinajstić information content (AvgIpc) is 2.93. The number of amides is 1. The lowest BCUT2D eigenvalue weighted by Crippen LogP contribution is -2.29. The molecule has 0 radical (unpaired) electrons. The summed E-state index contributed by atoms with van der Waals surface area (Å²) in [7, 11) is 1.86. The Bertz CT molecular complexity index is 1000. The van der Waals surface area contributed by atoms with Gasteiger partial charge in [-0.25, -0.2) is 4.98 Å². The molecule has 0 atom stereocenters. The first-order chi connectivity index (χ1) is 14.6. The van der Waals surface area contributed by atoms with Crippen LogP contribution in [0, 0.1) is 6.92 Å². The Hall–Kier alpha value is -2.73. The van der Waals surface area contributed by atoms with Crippen molar-refractivity contribution in [3.8, 4) is 11.3 Å². The number of aromatic nitrogens is 3. The molecule has 0 unspecified atom stereocenters. The predicted molar refractivity (Wildman–Crippen MR) is 118 cm³/mol. The van der Waals surface area contributed by atoms with Crippen molar-refractivity contribution in [2.24, 2.45) is 7.05 Å². The van der Waals surface area contributed by atoms with Crippen LogP contribution < -0.4 is 5.32 Å². The first-order valence-electron chi connectivity index (χ1n) is 10.9. The zero-order chi connectivity index (χ0) is 20.9. The molecule has 1 fully saturated rings. The number of rotatable bonds is 6. The lowest BCUT2D eigenvalue weighted by atomic mass is 10.0. The molecule has 3 aromatic rings. The molecule has 0 spiro atoms. The van der Waals surface area contributed by atoms with Crippen LogP contribution in [0.1, 0.15) is 54.6 Å². The Kier molecular flexibility index (Phi) is 6.43. The minimum absolute atomic E-state index is 0.111. The van der Waals surface area contributed by atoms with Crippen molar-refractivity contribution in [2.45, 2.75) is 51.6 Å². The second-order valence-corrected chi connectivity index (χ2v) is 8.07. The van der Waals surface area contributed by atoms with Crippen molar-refractivity contribution < 1.29 is 9.53 Å². The molecule has 1 aliphatic carbocycles. The van der Waals surface area contributed by atoms with E-state index in [4.69, 9.17) is 9.72 Å². The van der Waals surface area contributed by atoms with Crippen LogP contribution in [0.15, 0.2) is 36.4 Å². The molecule has 1 aliphatic rings. The number of benzene rings is 1. The quantitative estimate of drug-likeness (QED) is 0.486. The number of ether oxygens (including phenoxy) is 1. The highest BCUT2D eigenvalue weighted by Gasteiger charge is 2.19. The van der Waals surface area contributed by atoms with E-state index in [9.17, 15) is 4.79 Å². The monoisotopic (exact) mass is 406 g/mol. The molecule has 2 heterocycles. The van der Waals surface area contributed by atoms with Crippen LogP contribution in [0.2, 0.25) is 0 Å². The smallest absolute Gasteiger partial charge is 0.252 e. The number of pyridine rings is 1. The van der Waals surface area contributed by atoms with Crippen molar-refractivity contribution in [3.05, 3.63) is 47.7 Å². The molecule has 158 valence electrons. The van der Waals surface area contributed by atoms with Gasteiger partial charge in [-0.15, -0.1) is 0 Å². The Balaban J connectivity index is 1.51. The molecule has 0 aliphatic heterocycles. The lowest BCUT2D eigenvalue weighted by Gasteiger charge is -2.15. The van der Waals surface area contributed by atoms with Gasteiger partial charge in [-0.1, -0.05) is 56.0 Å². The molecule has 1 aromatic carbocycles. The fourth-order valence-corrected chi connectivity index (χ4v) is 4.27. The summed E-state index contributed by atoms with van der Waals surface area (Å²) in [5.41, 5.74) is 3.88. The first kappa shape index (κ1) is 20.5. The van der Waals surface area contributed by atoms with E-state index in [1.54, 1.807) is 4.68 Å². The fourth-order valence-electron chi connectivity index (χ4n) is 4.27. The zero-order valence-electron chi connectivity index (χ0n) is 17.9. The van der Waals surface area contributed by atoms with Crippen molar-refractivity contribution in [1.82, 2.24) is 20.1 Å². The molecule has 4 rings (SSSR count). The van der Waals surface area contributed by atoms with Crippen molar-refractivity contribution in [1.29, 1.82) is 0 Å². The van der Waals surface area contributed by atoms with Crippen LogP contribution in [-0.2, 0) is 11.8 Å². The lowest BCUT2D eigenvalue weighted by molar-refractivity contribution is 0.0442. The molecule has 1 N–H and O–H groups in total. The van der Waals surface area contributed by atoms with Crippen LogP contribution in [0.3, 0.4) is 0 Å². The van der Waals surface area contributed by atoms with E-state index in [2.05, 4.69) is 10.4 Å². The second kappa shape index (κ2) is 9.39. The minimum atomic E-state index is -0.111. The van der Waals surface area contributed by atoms with E-state index in [1.165, 1.54) is 25.7 Å². The van der Waals surface area contributed by atoms with Crippen molar-refractivity contribution >= 4 is 16.9 Å². The van der Waals surface area contributed by atoms with E-state index in [0.717, 1.165) is 35.2 Å². The van der Waals surface area contributed by atoms with Crippen LogP contribution >= 0.6 is 0 Å². The van der Waals surface area contributed by atoms with E-state index >= 15 is 0 Å². The van der Waals surface area contributed by atoms with Gasteiger partial charge in [0.2, 0.25) is 0 Å². The number of fused-ring (bicyclic) bond motifs is 1. The molecule has 0 saturated heterocycles. The van der Waals surface area contributed by atoms with Crippen LogP contribution in [-0.4, -0.2) is 39.9 Å². The maximum absolute atomic E-state index is 13.1. The van der Waals surface area contributed by atoms with Crippen LogP contribution in [0.5, 0.6) is 0 Å². The van der Waals surface area contributed by atoms with Gasteiger partial charge in [-0.2, -0.15) is 5.10 Å². The van der Waals surface area contributed by atoms with Gasteiger partial charge < -0.3 is 10.1 Å². The number of aryl methyl sites for hydroxylation is 2. The maximum Gasteiger partial charge on any atom is 0.252 e. The summed E-state index contributed by atoms with van der Waals surface area (Å²) < 4.78 is 7.75. The highest BCUT2D eigenvalue weighted by atomic mass is 16.5. The van der Waals surface area contributed by atoms with Crippen LogP contribution in [0.25, 0.3) is 22.3 Å². The summed E-state index contributed by atoms with van der Waals surface area (Å²) in [6, 6.07) is 11.8. The third-order valence-corrected chi connectivity index (χ3v) is 5.83. The number of hydrogen-bond acceptors (Lipinski definition) is 4. The van der Waals surface area contributed by atoms with E-state index in [-0.39, 0.29) is 5.91 Å². The molecule has 1 saturated carbocycles. The number of nitrogens with one attached hydrogen (secondary N) is 1. The zero-order valence-corrected chi connectivity index (χ0v) is 17.9. The first-order valence-corrected chi connectivity index (χ1v) is 10.9. The van der Waals surface area contributed by atoms with Crippen LogP contribution in [0.4, 0.5) is 0 Å². The van der Waals surface area contributed by atoms with Crippen molar-refractivity contribution in [2.75, 3.05) is 13.2 Å². The van der Waals surface area contributed by atoms with Gasteiger partial charge in [0.15, 0.2) is 5.65 Å². The van der Waals surface area contributed by atoms with E-state index in [0.29, 0.717) is 30.5 Å². The molecule has 6 nitrogen and oxygen atoms in total. The maximum atomic E-state index is 13.1. The Morgan fingerprint density at radius 1 is 1.17 bits per heavy atom. The van der Waals surface area contributed by atoms with Gasteiger partial charge in [0.1, 0.15) is 0 Å². The Morgan fingerprint density at radius 3 is 2.63 bits per heavy atom. The highest BCUT2D eigenvalue weighted by molar-refractivity contribution is 6.07. The summed E-state index contributed by atoms with van der Waals surface area (Å²) >= 11 is 0. The molecule has 0 bridgehead atoms. The molecular formula is C24H30N4O2. The second-order valence-electron chi connectivity index (χ2n) is 8.07. The molecule has 6 heteroatoms. The molecular weight excluding hydrogens is 376 g/mol. The SMILES string of the molecule is Cc1nn(C)c2nc(-c3ccccc3)cc(C(=O)NCCOC3CCCCCC3)c12. The standard InChI is InChI=1S/C24H30N4O2/c1-17-22-20(24(29)25-14-15-30-19-12-8-3-4-9-13-19)16-21(18-10-6-5-7-11-18)26-23(22)28(2)27-17/h5-7,10-11,16,19H,3-4,8-9,12-15H2,1-2H3,(H,25,29). The Labute approximate surface area is 177 Å². The fraction of sp³-hybridized carbons (Fsp3) is 0.458. The minimum Gasteiger partial charge on any atom is -0.376 e. The van der Waals surface area contributed by atoms with Gasteiger partial charge >= 0.3 is 0 Å². The normalized spacial score (nSPS) is 15.3. The van der Waals surface area contributed by atoms with E-state index < -0.39 is 0 Å². The molecule has 2 aromatic heterocycles. The van der Waals surface area contributed by atoms with E-state index in [1.807, 2.05) is 50.4 Å². The van der Waals surface area contributed by atoms with Gasteiger partial charge in [0.25, 0.3) is 5.91 Å². The summed E-state index contributed by atoms with van der Waals surface area (Å²) in [6.07, 6.45) is 7.71. The number of carbonyl (C=O) groups excluding carboxylic acids is 1. The van der Waals surface area contributed by atoms with Gasteiger partial charge in [0, 0.05) is 19.2 Å². The topological polar surface area (TPSA) is 69.0 Å². The summed E-state index contributed by atoms with van der Waals surface area (Å²) in [6.45, 7) is 2.96. The average molecular weight is 407 g/mol. The van der Waals surface area contributed by atoms with Gasteiger partial charge in [-0.05, 0) is 25.8 Å². The third kappa shape index (κ3) is 4.54. The Morgan fingerprint density at radius 2 is 1.90 bits per heavy atom. The number of hydrogen-bond donors (Lipinski definition) is 1. The third-order valence-electron chi connectivity index (χ3n) is 5.83. The summed E-state index contributed by atoms with van der Waals surface area (Å²) in [5.74, 6) is -0.111. The van der Waals surface area contributed by atoms with Crippen molar-refractivity contribution in [3.63, 3.8) is 0 Å². The summed E-state index contributed by atoms with van der Waals surface area (Å²) in [5, 5.41) is 8.32. The largest absolute Gasteiger partial charge is 0.376 e. The molecule has 30 heavy (non-hydrogen) atoms. The van der Waals surface area contributed by atoms with Gasteiger partial charge in [-0.3, -0.25) is 9.48 Å². The molecule has 1 amide bonds. The van der Waals surface area contributed by atoms with Gasteiger partial charge in [0.05, 0.1) is 35.0 Å². The number of nitrogens with zero attached hydrogens (tertiary/aromatic N) is 3. The predicted octanol–water partition coefficient (Wildman–Crippen LogP) is 4.41. The summed E-state index contributed by atoms with van der Waals surface area (Å²) in [4.78, 5) is 17.8. The number of carbonyl (C=O) groups is 1.